The third kappa shape index (κ3) is 2.23. The van der Waals surface area contributed by atoms with Crippen molar-refractivity contribution in [3.8, 4) is 0 Å². The second-order valence-corrected chi connectivity index (χ2v) is 7.42. The van der Waals surface area contributed by atoms with Gasteiger partial charge in [-0.2, -0.15) is 0 Å². The summed E-state index contributed by atoms with van der Waals surface area (Å²) in [5, 5.41) is 0. The maximum absolute atomic E-state index is 11.7. The molecule has 2 N–H and O–H groups in total. The predicted molar refractivity (Wildman–Crippen MR) is 71.0 cm³/mol. The Morgan fingerprint density at radius 2 is 2.00 bits per heavy atom. The molecule has 1 fully saturated rings. The molecular formula is C12H17NO2S2. The molecule has 0 aromatic heterocycles. The van der Waals surface area contributed by atoms with Crippen molar-refractivity contribution < 1.29 is 8.42 Å². The van der Waals surface area contributed by atoms with Gasteiger partial charge in [0.1, 0.15) is 0 Å². The van der Waals surface area contributed by atoms with Crippen LogP contribution in [-0.4, -0.2) is 20.9 Å². The molecule has 0 radical (unpaired) electrons. The molecule has 0 unspecified atom stereocenters. The van der Waals surface area contributed by atoms with Gasteiger partial charge in [-0.25, -0.2) is 8.42 Å². The summed E-state index contributed by atoms with van der Waals surface area (Å²) in [6.07, 6.45) is 6.14. The van der Waals surface area contributed by atoms with Crippen LogP contribution in [0.3, 0.4) is 0 Å². The van der Waals surface area contributed by atoms with Crippen LogP contribution in [0.1, 0.15) is 24.8 Å². The van der Waals surface area contributed by atoms with E-state index in [4.69, 9.17) is 5.73 Å². The quantitative estimate of drug-likeness (QED) is 0.856. The second kappa shape index (κ2) is 4.30. The normalized spacial score (nSPS) is 18.8. The monoisotopic (exact) mass is 271 g/mol. The van der Waals surface area contributed by atoms with E-state index in [1.165, 1.54) is 18.0 Å². The van der Waals surface area contributed by atoms with E-state index in [1.54, 1.807) is 12.1 Å². The third-order valence-electron chi connectivity index (χ3n) is 3.36. The van der Waals surface area contributed by atoms with Crippen LogP contribution in [-0.2, 0) is 15.4 Å². The summed E-state index contributed by atoms with van der Waals surface area (Å²) in [4.78, 5) is 1.22. The van der Waals surface area contributed by atoms with Crippen molar-refractivity contribution >= 4 is 21.6 Å². The van der Waals surface area contributed by atoms with Gasteiger partial charge in [0, 0.05) is 16.7 Å². The molecule has 0 aliphatic heterocycles. The zero-order chi connectivity index (χ0) is 12.7. The first-order chi connectivity index (χ1) is 7.88. The molecule has 2 rings (SSSR count). The van der Waals surface area contributed by atoms with Crippen molar-refractivity contribution in [2.75, 3.05) is 12.5 Å². The molecule has 1 aromatic rings. The lowest BCUT2D eigenvalue weighted by molar-refractivity contribution is 0.248. The summed E-state index contributed by atoms with van der Waals surface area (Å²) in [7, 11) is -3.19. The van der Waals surface area contributed by atoms with E-state index < -0.39 is 9.84 Å². The van der Waals surface area contributed by atoms with Crippen molar-refractivity contribution in [1.82, 2.24) is 0 Å². The molecule has 5 heteroatoms. The molecule has 0 heterocycles. The summed E-state index contributed by atoms with van der Waals surface area (Å²) in [5.74, 6) is 0. The average molecular weight is 271 g/mol. The van der Waals surface area contributed by atoms with Crippen LogP contribution in [0.2, 0.25) is 0 Å². The van der Waals surface area contributed by atoms with Crippen LogP contribution in [0.5, 0.6) is 0 Å². The van der Waals surface area contributed by atoms with Crippen LogP contribution >= 0.6 is 11.8 Å². The average Bonchev–Trinajstić information content (AvgIpc) is 2.23. The Labute approximate surface area is 107 Å². The number of sulfone groups is 1. The highest BCUT2D eigenvalue weighted by molar-refractivity contribution is 7.99. The summed E-state index contributed by atoms with van der Waals surface area (Å²) in [6.45, 7) is 0. The van der Waals surface area contributed by atoms with Crippen molar-refractivity contribution in [2.45, 2.75) is 34.6 Å². The van der Waals surface area contributed by atoms with Gasteiger partial charge in [-0.1, -0.05) is 12.1 Å². The zero-order valence-electron chi connectivity index (χ0n) is 10.1. The fourth-order valence-corrected chi connectivity index (χ4v) is 4.47. The Morgan fingerprint density at radius 1 is 1.35 bits per heavy atom. The van der Waals surface area contributed by atoms with E-state index in [9.17, 15) is 8.42 Å². The summed E-state index contributed by atoms with van der Waals surface area (Å²) in [6, 6.07) is 5.41. The second-order valence-electron chi connectivity index (χ2n) is 4.62. The lowest BCUT2D eigenvalue weighted by Crippen LogP contribution is -2.43. The highest BCUT2D eigenvalue weighted by atomic mass is 32.2. The summed E-state index contributed by atoms with van der Waals surface area (Å²) in [5.41, 5.74) is 6.97. The molecule has 0 bridgehead atoms. The van der Waals surface area contributed by atoms with Crippen LogP contribution in [0.25, 0.3) is 0 Å². The van der Waals surface area contributed by atoms with Crippen molar-refractivity contribution in [3.05, 3.63) is 23.8 Å². The van der Waals surface area contributed by atoms with Gasteiger partial charge in [-0.05, 0) is 37.1 Å². The van der Waals surface area contributed by atoms with Crippen LogP contribution in [0.15, 0.2) is 28.0 Å². The lowest BCUT2D eigenvalue weighted by atomic mass is 9.73. The molecule has 0 spiro atoms. The maximum atomic E-state index is 11.7. The minimum Gasteiger partial charge on any atom is -0.321 e. The first-order valence-corrected chi connectivity index (χ1v) is 8.66. The van der Waals surface area contributed by atoms with Gasteiger partial charge in [-0.3, -0.25) is 0 Å². The van der Waals surface area contributed by atoms with Gasteiger partial charge in [0.2, 0.25) is 0 Å². The fourth-order valence-electron chi connectivity index (χ4n) is 2.24. The molecule has 17 heavy (non-hydrogen) atoms. The van der Waals surface area contributed by atoms with Gasteiger partial charge < -0.3 is 5.73 Å². The molecular weight excluding hydrogens is 254 g/mol. The van der Waals surface area contributed by atoms with Gasteiger partial charge in [0.15, 0.2) is 9.84 Å². The van der Waals surface area contributed by atoms with E-state index in [-0.39, 0.29) is 5.54 Å². The van der Waals surface area contributed by atoms with Gasteiger partial charge >= 0.3 is 0 Å². The summed E-state index contributed by atoms with van der Waals surface area (Å²) < 4.78 is 23.5. The van der Waals surface area contributed by atoms with Crippen molar-refractivity contribution in [1.29, 1.82) is 0 Å². The van der Waals surface area contributed by atoms with E-state index >= 15 is 0 Å². The Kier molecular flexibility index (Phi) is 3.27. The molecule has 0 amide bonds. The largest absolute Gasteiger partial charge is 0.321 e. The van der Waals surface area contributed by atoms with Crippen LogP contribution < -0.4 is 5.73 Å². The Morgan fingerprint density at radius 3 is 2.41 bits per heavy atom. The fraction of sp³-hybridized carbons (Fsp3) is 0.500. The molecule has 1 aliphatic carbocycles. The minimum absolute atomic E-state index is 0.320. The maximum Gasteiger partial charge on any atom is 0.176 e. The van der Waals surface area contributed by atoms with Crippen LogP contribution in [0.4, 0.5) is 0 Å². The number of nitrogens with two attached hydrogens (primary N) is 1. The highest BCUT2D eigenvalue weighted by Crippen LogP contribution is 2.44. The van der Waals surface area contributed by atoms with Crippen molar-refractivity contribution in [3.63, 3.8) is 0 Å². The third-order valence-corrected chi connectivity index (χ3v) is 5.48. The molecule has 94 valence electrons. The van der Waals surface area contributed by atoms with E-state index in [0.29, 0.717) is 4.90 Å². The van der Waals surface area contributed by atoms with Gasteiger partial charge in [-0.15, -0.1) is 11.8 Å². The minimum atomic E-state index is -3.19. The van der Waals surface area contributed by atoms with E-state index in [1.807, 2.05) is 12.3 Å². The predicted octanol–water partition coefficient (Wildman–Crippen LogP) is 2.15. The molecule has 1 saturated carbocycles. The lowest BCUT2D eigenvalue weighted by Gasteiger charge is -2.40. The number of thioether (sulfide) groups is 1. The van der Waals surface area contributed by atoms with E-state index in [2.05, 4.69) is 0 Å². The number of rotatable bonds is 3. The molecule has 1 aliphatic rings. The first kappa shape index (κ1) is 12.9. The van der Waals surface area contributed by atoms with E-state index in [0.717, 1.165) is 29.7 Å². The molecule has 3 nitrogen and oxygen atoms in total. The smallest absolute Gasteiger partial charge is 0.176 e. The Balaban J connectivity index is 2.62. The summed E-state index contributed by atoms with van der Waals surface area (Å²) >= 11 is 1.47. The molecule has 0 saturated heterocycles. The Hall–Kier alpha value is -0.520. The number of benzene rings is 1. The topological polar surface area (TPSA) is 60.2 Å². The Bertz CT molecular complexity index is 533. The van der Waals surface area contributed by atoms with Gasteiger partial charge in [0.25, 0.3) is 0 Å². The SMILES string of the molecule is CSc1c(C2(N)CCC2)cccc1S(C)(=O)=O. The number of hydrogen-bond donors (Lipinski definition) is 1. The molecule has 0 atom stereocenters. The molecule has 1 aromatic carbocycles. The number of hydrogen-bond acceptors (Lipinski definition) is 4. The van der Waals surface area contributed by atoms with Crippen molar-refractivity contribution in [2.24, 2.45) is 5.73 Å². The zero-order valence-corrected chi connectivity index (χ0v) is 11.7. The standard InChI is InChI=1S/C12H17NO2S2/c1-16-11-9(12(13)7-4-8-12)5-3-6-10(11)17(2,14)15/h3,5-6H,4,7-8,13H2,1-2H3. The van der Waals surface area contributed by atoms with Crippen LogP contribution in [0, 0.1) is 0 Å². The first-order valence-electron chi connectivity index (χ1n) is 5.55. The van der Waals surface area contributed by atoms with Gasteiger partial charge in [0.05, 0.1) is 4.90 Å². The highest BCUT2D eigenvalue weighted by Gasteiger charge is 2.37.